The smallest absolute Gasteiger partial charge is 0.178 e. The SMILES string of the molecule is O=P1(c2ccccc2)C2=CC3=C[C@H]3C=C2Oc2ccc(-c3ccc(-c4c(-c5ccccc5)nc5n4CCC=C5)cc3)cc21. The Morgan fingerprint density at radius 3 is 2.35 bits per heavy atom. The number of fused-ring (bicyclic) bond motifs is 4. The van der Waals surface area contributed by atoms with Gasteiger partial charge in [0.2, 0.25) is 0 Å². The number of ether oxygens (including phenoxy) is 1. The van der Waals surface area contributed by atoms with Crippen molar-refractivity contribution in [3.05, 3.63) is 150 Å². The molecule has 0 saturated carbocycles. The van der Waals surface area contributed by atoms with Crippen molar-refractivity contribution in [3.63, 3.8) is 0 Å². The minimum atomic E-state index is -3.14. The van der Waals surface area contributed by atoms with Crippen LogP contribution in [0.1, 0.15) is 12.2 Å². The molecule has 43 heavy (non-hydrogen) atoms. The lowest BCUT2D eigenvalue weighted by molar-refractivity contribution is 0.434. The third-order valence-electron chi connectivity index (χ3n) is 8.83. The molecular formula is C38H27N2O2P. The van der Waals surface area contributed by atoms with Gasteiger partial charge >= 0.3 is 0 Å². The van der Waals surface area contributed by atoms with Gasteiger partial charge in [0.1, 0.15) is 17.3 Å². The van der Waals surface area contributed by atoms with Crippen molar-refractivity contribution in [2.45, 2.75) is 13.0 Å². The fourth-order valence-corrected chi connectivity index (χ4v) is 9.50. The van der Waals surface area contributed by atoms with Gasteiger partial charge in [0, 0.05) is 28.9 Å². The van der Waals surface area contributed by atoms with Crippen LogP contribution < -0.4 is 15.3 Å². The molecule has 2 atom stereocenters. The molecule has 4 nitrogen and oxygen atoms in total. The molecule has 9 rings (SSSR count). The molecule has 0 amide bonds. The topological polar surface area (TPSA) is 44.1 Å². The zero-order chi connectivity index (χ0) is 28.5. The maximum atomic E-state index is 15.3. The summed E-state index contributed by atoms with van der Waals surface area (Å²) in [6, 6.07) is 35.1. The summed E-state index contributed by atoms with van der Waals surface area (Å²) in [6.45, 7) is 0.909. The number of hydrogen-bond acceptors (Lipinski definition) is 3. The summed E-state index contributed by atoms with van der Waals surface area (Å²) in [5.41, 5.74) is 7.68. The third kappa shape index (κ3) is 3.84. The summed E-state index contributed by atoms with van der Waals surface area (Å²) in [5.74, 6) is 2.70. The van der Waals surface area contributed by atoms with E-state index in [-0.39, 0.29) is 0 Å². The van der Waals surface area contributed by atoms with Crippen molar-refractivity contribution in [2.75, 3.05) is 0 Å². The molecule has 0 radical (unpaired) electrons. The van der Waals surface area contributed by atoms with Gasteiger partial charge in [-0.2, -0.15) is 0 Å². The second-order valence-electron chi connectivity index (χ2n) is 11.4. The van der Waals surface area contributed by atoms with Crippen LogP contribution in [-0.2, 0) is 11.1 Å². The van der Waals surface area contributed by atoms with Crippen LogP contribution in [0, 0.1) is 5.92 Å². The first-order valence-electron chi connectivity index (χ1n) is 14.7. The molecule has 2 aliphatic heterocycles. The number of aromatic nitrogens is 2. The van der Waals surface area contributed by atoms with E-state index in [2.05, 4.69) is 95.6 Å². The Kier molecular flexibility index (Phi) is 5.33. The van der Waals surface area contributed by atoms with Crippen molar-refractivity contribution in [1.29, 1.82) is 0 Å². The predicted molar refractivity (Wildman–Crippen MR) is 174 cm³/mol. The van der Waals surface area contributed by atoms with E-state index >= 15 is 4.57 Å². The van der Waals surface area contributed by atoms with Gasteiger partial charge in [0.25, 0.3) is 0 Å². The molecule has 4 aliphatic rings. The number of benzene rings is 4. The maximum absolute atomic E-state index is 15.3. The summed E-state index contributed by atoms with van der Waals surface area (Å²) in [5, 5.41) is 2.38. The van der Waals surface area contributed by atoms with Crippen LogP contribution in [0.3, 0.4) is 0 Å². The highest BCUT2D eigenvalue weighted by Gasteiger charge is 2.45. The minimum absolute atomic E-state index is 0.308. The molecule has 0 fully saturated rings. The minimum Gasteiger partial charge on any atom is -0.456 e. The van der Waals surface area contributed by atoms with Crippen LogP contribution in [0.2, 0.25) is 0 Å². The molecule has 5 heteroatoms. The summed E-state index contributed by atoms with van der Waals surface area (Å²) in [7, 11) is -3.14. The number of imidazole rings is 1. The standard InChI is InChI=1S/C38H27N2O2P/c41-43(31-11-5-2-6-12-31)34-23-28(18-19-32(34)42-33-22-29-21-30(29)24-35(33)43)25-14-16-27(17-15-25)38-37(26-9-3-1-4-10-26)39-36-13-7-8-20-40(36)38/h1-7,9-19,21-24,29H,8,20H2/t29-,43?/m0/s1. The molecular weight excluding hydrogens is 547 g/mol. The first-order chi connectivity index (χ1) is 21.2. The van der Waals surface area contributed by atoms with Crippen molar-refractivity contribution >= 4 is 23.8 Å². The highest BCUT2D eigenvalue weighted by molar-refractivity contribution is 7.83. The van der Waals surface area contributed by atoms with Crippen LogP contribution in [0.5, 0.6) is 5.75 Å². The van der Waals surface area contributed by atoms with Gasteiger partial charge in [-0.25, -0.2) is 4.98 Å². The molecule has 0 bridgehead atoms. The first kappa shape index (κ1) is 24.7. The lowest BCUT2D eigenvalue weighted by atomic mass is 10.00. The fraction of sp³-hybridized carbons (Fsp3) is 0.0789. The second-order valence-corrected chi connectivity index (χ2v) is 14.1. The number of hydrogen-bond donors (Lipinski definition) is 0. The Labute approximate surface area is 250 Å². The van der Waals surface area contributed by atoms with E-state index in [1.54, 1.807) is 0 Å². The van der Waals surface area contributed by atoms with Gasteiger partial charge in [0.05, 0.1) is 22.0 Å². The van der Waals surface area contributed by atoms with E-state index in [0.717, 1.165) is 74.1 Å². The quantitative estimate of drug-likeness (QED) is 0.203. The molecule has 0 spiro atoms. The molecule has 2 aliphatic carbocycles. The summed E-state index contributed by atoms with van der Waals surface area (Å²) < 4.78 is 24.0. The molecule has 4 aromatic carbocycles. The van der Waals surface area contributed by atoms with Gasteiger partial charge in [-0.05, 0) is 53.5 Å². The highest BCUT2D eigenvalue weighted by Crippen LogP contribution is 2.62. The van der Waals surface area contributed by atoms with E-state index < -0.39 is 7.14 Å². The molecule has 5 aromatic rings. The average molecular weight is 575 g/mol. The largest absolute Gasteiger partial charge is 0.456 e. The van der Waals surface area contributed by atoms with Crippen molar-refractivity contribution < 1.29 is 9.30 Å². The number of rotatable bonds is 4. The Morgan fingerprint density at radius 1 is 0.791 bits per heavy atom. The first-order valence-corrected chi connectivity index (χ1v) is 16.5. The summed E-state index contributed by atoms with van der Waals surface area (Å²) in [6.07, 6.45) is 11.7. The van der Waals surface area contributed by atoms with Gasteiger partial charge < -0.3 is 13.9 Å². The predicted octanol–water partition coefficient (Wildman–Crippen LogP) is 8.34. The molecule has 206 valence electrons. The zero-order valence-corrected chi connectivity index (χ0v) is 24.2. The lowest BCUT2D eigenvalue weighted by Gasteiger charge is -2.32. The average Bonchev–Trinajstić information content (AvgIpc) is 3.73. The Morgan fingerprint density at radius 2 is 1.53 bits per heavy atom. The molecule has 0 saturated heterocycles. The molecule has 1 aromatic heterocycles. The van der Waals surface area contributed by atoms with Crippen LogP contribution in [0.25, 0.3) is 39.7 Å². The van der Waals surface area contributed by atoms with E-state index in [4.69, 9.17) is 9.72 Å². The van der Waals surface area contributed by atoms with Crippen molar-refractivity contribution in [3.8, 4) is 39.4 Å². The Hall–Kier alpha value is -4.92. The Bertz CT molecular complexity index is 2120. The van der Waals surface area contributed by atoms with E-state index in [1.807, 2.05) is 42.5 Å². The monoisotopic (exact) mass is 574 g/mol. The maximum Gasteiger partial charge on any atom is 0.178 e. The summed E-state index contributed by atoms with van der Waals surface area (Å²) >= 11 is 0. The molecule has 1 unspecified atom stereocenters. The van der Waals surface area contributed by atoms with Crippen LogP contribution in [0.4, 0.5) is 0 Å². The van der Waals surface area contributed by atoms with Gasteiger partial charge in [0.15, 0.2) is 7.14 Å². The third-order valence-corrected chi connectivity index (χ3v) is 11.9. The van der Waals surface area contributed by atoms with E-state index in [9.17, 15) is 0 Å². The Balaban J connectivity index is 1.15. The lowest BCUT2D eigenvalue weighted by Crippen LogP contribution is -2.27. The van der Waals surface area contributed by atoms with E-state index in [1.165, 1.54) is 5.57 Å². The van der Waals surface area contributed by atoms with E-state index in [0.29, 0.717) is 11.7 Å². The normalized spacial score (nSPS) is 20.8. The van der Waals surface area contributed by atoms with Gasteiger partial charge in [-0.1, -0.05) is 103 Å². The van der Waals surface area contributed by atoms with Crippen molar-refractivity contribution in [2.24, 2.45) is 5.92 Å². The van der Waals surface area contributed by atoms with Gasteiger partial charge in [-0.15, -0.1) is 0 Å². The summed E-state index contributed by atoms with van der Waals surface area (Å²) in [4.78, 5) is 5.03. The molecule has 0 N–H and O–H groups in total. The van der Waals surface area contributed by atoms with Crippen LogP contribution in [0.15, 0.2) is 144 Å². The zero-order valence-electron chi connectivity index (χ0n) is 23.4. The van der Waals surface area contributed by atoms with Crippen LogP contribution in [-0.4, -0.2) is 9.55 Å². The molecule has 3 heterocycles. The van der Waals surface area contributed by atoms with Crippen molar-refractivity contribution in [1.82, 2.24) is 9.55 Å². The second kappa shape index (κ2) is 9.29. The number of nitrogens with zero attached hydrogens (tertiary/aromatic N) is 2. The van der Waals surface area contributed by atoms with Crippen LogP contribution >= 0.6 is 7.14 Å². The fourth-order valence-electron chi connectivity index (χ4n) is 6.58. The number of allylic oxidation sites excluding steroid dienone is 6. The highest BCUT2D eigenvalue weighted by atomic mass is 31.2. The van der Waals surface area contributed by atoms with Gasteiger partial charge in [-0.3, -0.25) is 0 Å².